The van der Waals surface area contributed by atoms with E-state index < -0.39 is 21.2 Å². The molecule has 0 atom stereocenters. The van der Waals surface area contributed by atoms with Crippen LogP contribution in [0.4, 0.5) is 11.4 Å². The van der Waals surface area contributed by atoms with Gasteiger partial charge in [0.05, 0.1) is 27.1 Å². The number of hydrogen-bond donors (Lipinski definition) is 0. The number of hydrogen-bond acceptors (Lipinski definition) is 6. The maximum Gasteiger partial charge on any atom is 0.334 e. The van der Waals surface area contributed by atoms with Crippen LogP contribution in [0.2, 0.25) is 0 Å². The molecule has 1 aromatic heterocycles. The molecule has 146 valence electrons. The van der Waals surface area contributed by atoms with E-state index in [9.17, 15) is 25.4 Å². The summed E-state index contributed by atoms with van der Waals surface area (Å²) in [6.45, 7) is 5.99. The summed E-state index contributed by atoms with van der Waals surface area (Å²) in [5.74, 6) is 0. The van der Waals surface area contributed by atoms with Crippen molar-refractivity contribution in [1.82, 2.24) is 9.90 Å². The third-order valence-corrected chi connectivity index (χ3v) is 4.79. The third-order valence-electron chi connectivity index (χ3n) is 4.79. The van der Waals surface area contributed by atoms with Crippen LogP contribution in [0.1, 0.15) is 37.5 Å². The number of nitrogens with zero attached hydrogens (tertiary/aromatic N) is 5. The van der Waals surface area contributed by atoms with Gasteiger partial charge in [0, 0.05) is 0 Å². The molecule has 0 spiro atoms. The van der Waals surface area contributed by atoms with Gasteiger partial charge in [0.2, 0.25) is 5.52 Å². The van der Waals surface area contributed by atoms with Crippen LogP contribution in [0, 0.1) is 25.4 Å². The van der Waals surface area contributed by atoms with Gasteiger partial charge in [0.1, 0.15) is 5.69 Å². The topological polar surface area (TPSA) is 131 Å². The monoisotopic (exact) mass is 385 g/mol. The number of non-ortho nitro benzene ring substituents is 2. The van der Waals surface area contributed by atoms with Gasteiger partial charge in [-0.3, -0.25) is 20.2 Å². The number of benzene rings is 2. The number of nitro groups is 2. The Morgan fingerprint density at radius 1 is 0.929 bits per heavy atom. The van der Waals surface area contributed by atoms with Gasteiger partial charge in [-0.2, -0.15) is 0 Å². The molecule has 0 saturated heterocycles. The summed E-state index contributed by atoms with van der Waals surface area (Å²) < 4.78 is 0. The van der Waals surface area contributed by atoms with Crippen LogP contribution in [0.25, 0.3) is 16.7 Å². The van der Waals surface area contributed by atoms with E-state index in [2.05, 4.69) is 5.10 Å². The van der Waals surface area contributed by atoms with E-state index in [4.69, 9.17) is 0 Å². The van der Waals surface area contributed by atoms with Crippen LogP contribution in [0.3, 0.4) is 0 Å². The molecule has 0 radical (unpaired) electrons. The molecule has 2 aromatic carbocycles. The number of nitro benzene ring substituents is 2. The molecular formula is C18H19N5O5. The first-order valence-electron chi connectivity index (χ1n) is 8.92. The van der Waals surface area contributed by atoms with Crippen LogP contribution in [-0.2, 0) is 19.3 Å². The van der Waals surface area contributed by atoms with Crippen molar-refractivity contribution in [3.05, 3.63) is 66.4 Å². The number of fused-ring (bicyclic) bond motifs is 1. The zero-order valence-corrected chi connectivity index (χ0v) is 15.7. The van der Waals surface area contributed by atoms with Crippen molar-refractivity contribution < 1.29 is 14.7 Å². The van der Waals surface area contributed by atoms with E-state index in [1.807, 2.05) is 32.9 Å². The molecule has 0 saturated carbocycles. The van der Waals surface area contributed by atoms with E-state index >= 15 is 0 Å². The van der Waals surface area contributed by atoms with Gasteiger partial charge in [-0.05, 0) is 46.8 Å². The summed E-state index contributed by atoms with van der Waals surface area (Å²) in [5.41, 5.74) is 2.07. The average Bonchev–Trinajstić information content (AvgIpc) is 3.02. The Morgan fingerprint density at radius 2 is 1.54 bits per heavy atom. The lowest BCUT2D eigenvalue weighted by atomic mass is 9.97. The maximum absolute atomic E-state index is 12.9. The van der Waals surface area contributed by atoms with E-state index in [0.717, 1.165) is 40.9 Å². The number of aryl methyl sites for hydroxylation is 3. The van der Waals surface area contributed by atoms with Crippen LogP contribution in [0.15, 0.2) is 24.3 Å². The largest absolute Gasteiger partial charge is 0.692 e. The summed E-state index contributed by atoms with van der Waals surface area (Å²) in [5, 5.41) is 39.5. The lowest BCUT2D eigenvalue weighted by Crippen LogP contribution is -2.37. The minimum atomic E-state index is -0.773. The van der Waals surface area contributed by atoms with Gasteiger partial charge >= 0.3 is 11.2 Å². The molecule has 10 heteroatoms. The SMILES string of the molecule is CCc1cc(CC)c(-n2nc3c([N+](=O)[O-])cc([N+](=O)[O-])cc3[n+]2[O-])cc1CC. The summed E-state index contributed by atoms with van der Waals surface area (Å²) in [6.07, 6.45) is 2.22. The second-order valence-electron chi connectivity index (χ2n) is 6.32. The maximum atomic E-state index is 12.9. The molecule has 1 heterocycles. The highest BCUT2D eigenvalue weighted by Gasteiger charge is 2.31. The Balaban J connectivity index is 2.36. The Morgan fingerprint density at radius 3 is 2.07 bits per heavy atom. The quantitative estimate of drug-likeness (QED) is 0.277. The molecule has 0 aliphatic rings. The minimum Gasteiger partial charge on any atom is -0.692 e. The molecule has 3 aromatic rings. The van der Waals surface area contributed by atoms with Gasteiger partial charge in [-0.25, -0.2) is 0 Å². The fraction of sp³-hybridized carbons (Fsp3) is 0.333. The Hall–Kier alpha value is -3.56. The fourth-order valence-corrected chi connectivity index (χ4v) is 3.33. The minimum absolute atomic E-state index is 0.190. The van der Waals surface area contributed by atoms with E-state index in [0.29, 0.717) is 17.0 Å². The van der Waals surface area contributed by atoms with E-state index in [-0.39, 0.29) is 11.0 Å². The molecule has 0 aliphatic heterocycles. The van der Waals surface area contributed by atoms with E-state index in [1.54, 1.807) is 0 Å². The zero-order valence-electron chi connectivity index (χ0n) is 15.7. The normalized spacial score (nSPS) is 11.1. The molecule has 0 amide bonds. The molecule has 10 nitrogen and oxygen atoms in total. The van der Waals surface area contributed by atoms with E-state index in [1.165, 1.54) is 5.56 Å². The molecule has 0 N–H and O–H groups in total. The van der Waals surface area contributed by atoms with Gasteiger partial charge in [0.25, 0.3) is 5.69 Å². The first kappa shape index (κ1) is 19.2. The van der Waals surface area contributed by atoms with Crippen LogP contribution in [0.5, 0.6) is 0 Å². The molecule has 0 aliphatic carbocycles. The fourth-order valence-electron chi connectivity index (χ4n) is 3.33. The van der Waals surface area contributed by atoms with Crippen molar-refractivity contribution in [3.63, 3.8) is 0 Å². The molecule has 0 unspecified atom stereocenters. The van der Waals surface area contributed by atoms with Crippen molar-refractivity contribution in [3.8, 4) is 5.69 Å². The Kier molecular flexibility index (Phi) is 4.95. The predicted molar refractivity (Wildman–Crippen MR) is 101 cm³/mol. The van der Waals surface area contributed by atoms with Crippen LogP contribution in [-0.4, -0.2) is 19.7 Å². The van der Waals surface area contributed by atoms with Gasteiger partial charge in [0.15, 0.2) is 0 Å². The van der Waals surface area contributed by atoms with Crippen molar-refractivity contribution in [1.29, 1.82) is 0 Å². The van der Waals surface area contributed by atoms with Crippen molar-refractivity contribution in [2.75, 3.05) is 0 Å². The Labute approximate surface area is 159 Å². The van der Waals surface area contributed by atoms with Crippen LogP contribution < -0.4 is 4.85 Å². The molecule has 3 rings (SSSR count). The lowest BCUT2D eigenvalue weighted by Gasteiger charge is -2.13. The van der Waals surface area contributed by atoms with Crippen molar-refractivity contribution in [2.24, 2.45) is 0 Å². The summed E-state index contributed by atoms with van der Waals surface area (Å²) >= 11 is 0. The van der Waals surface area contributed by atoms with Crippen molar-refractivity contribution in [2.45, 2.75) is 40.0 Å². The predicted octanol–water partition coefficient (Wildman–Crippen LogP) is 3.16. The highest BCUT2D eigenvalue weighted by atomic mass is 16.6. The summed E-state index contributed by atoms with van der Waals surface area (Å²) in [6, 6.07) is 5.69. The highest BCUT2D eigenvalue weighted by molar-refractivity contribution is 5.84. The molecule has 0 fully saturated rings. The summed E-state index contributed by atoms with van der Waals surface area (Å²) in [4.78, 5) is 22.3. The second kappa shape index (κ2) is 7.22. The van der Waals surface area contributed by atoms with Gasteiger partial charge in [-0.1, -0.05) is 26.8 Å². The zero-order chi connectivity index (χ0) is 20.6. The summed E-state index contributed by atoms with van der Waals surface area (Å²) in [7, 11) is 0. The number of aromatic nitrogens is 3. The average molecular weight is 385 g/mol. The first-order chi connectivity index (χ1) is 13.3. The molecule has 28 heavy (non-hydrogen) atoms. The Bertz CT molecular complexity index is 1110. The van der Waals surface area contributed by atoms with Gasteiger partial charge in [-0.15, -0.1) is 4.85 Å². The second-order valence-corrected chi connectivity index (χ2v) is 6.32. The number of rotatable bonds is 6. The third kappa shape index (κ3) is 3.02. The molecular weight excluding hydrogens is 366 g/mol. The van der Waals surface area contributed by atoms with Crippen LogP contribution >= 0.6 is 0 Å². The first-order valence-corrected chi connectivity index (χ1v) is 8.92. The highest BCUT2D eigenvalue weighted by Crippen LogP contribution is 2.29. The molecule has 0 bridgehead atoms. The standard InChI is InChI=1S/C18H19N5O5/c1-4-11-7-13(6-3)15(8-12(11)5-2)20-19-18-16(21(20)24)9-14(22(25)26)10-17(18)23(27)28/h7-10H,4-6H2,1-3H3. The lowest BCUT2D eigenvalue weighted by molar-refractivity contribution is -0.664. The smallest absolute Gasteiger partial charge is 0.334 e. The van der Waals surface area contributed by atoms with Crippen molar-refractivity contribution >= 4 is 22.4 Å². The van der Waals surface area contributed by atoms with Gasteiger partial charge < -0.3 is 5.21 Å².